The van der Waals surface area contributed by atoms with Crippen molar-refractivity contribution in [2.75, 3.05) is 0 Å². The van der Waals surface area contributed by atoms with Gasteiger partial charge in [0.25, 0.3) is 0 Å². The highest BCUT2D eigenvalue weighted by atomic mass is 32.1. The summed E-state index contributed by atoms with van der Waals surface area (Å²) in [5.41, 5.74) is 3.65. The second kappa shape index (κ2) is 6.21. The molecule has 0 unspecified atom stereocenters. The average molecular weight is 336 g/mol. The normalized spacial score (nSPS) is 15.7. The van der Waals surface area contributed by atoms with Crippen LogP contribution in [0.5, 0.6) is 0 Å². The smallest absolute Gasteiger partial charge is 0.423 e. The van der Waals surface area contributed by atoms with E-state index in [1.54, 1.807) is 17.4 Å². The summed E-state index contributed by atoms with van der Waals surface area (Å²) in [7, 11) is -1.50. The van der Waals surface area contributed by atoms with Crippen LogP contribution in [0.25, 0.3) is 34.4 Å². The molecule has 0 fully saturated rings. The molecule has 1 aliphatic carbocycles. The molecule has 0 spiro atoms. The number of allylic oxidation sites excluding steroid dienone is 3. The third kappa shape index (κ3) is 2.82. The van der Waals surface area contributed by atoms with E-state index >= 15 is 0 Å². The molecule has 0 aliphatic heterocycles. The lowest BCUT2D eigenvalue weighted by atomic mass is 9.77. The quantitative estimate of drug-likeness (QED) is 0.820. The van der Waals surface area contributed by atoms with Gasteiger partial charge in [-0.3, -0.25) is 0 Å². The van der Waals surface area contributed by atoms with Crippen molar-refractivity contribution in [3.8, 4) is 0 Å². The maximum atomic E-state index is 9.84. The van der Waals surface area contributed by atoms with E-state index in [0.29, 0.717) is 5.46 Å². The van der Waals surface area contributed by atoms with E-state index in [9.17, 15) is 10.0 Å². The molecule has 1 aromatic heterocycles. The second-order valence-electron chi connectivity index (χ2n) is 6.62. The molecule has 2 nitrogen and oxygen atoms in total. The molecule has 1 aromatic carbocycles. The first-order chi connectivity index (χ1) is 11.4. The SMILES string of the molecule is C=Cc1cc(B(O)O)c2sc3c(c2c1/C=C\C)C=CC(C)(C)C=C3. The molecular weight excluding hydrogens is 315 g/mol. The van der Waals surface area contributed by atoms with Crippen LogP contribution in [0.3, 0.4) is 0 Å². The fourth-order valence-electron chi connectivity index (χ4n) is 3.03. The van der Waals surface area contributed by atoms with E-state index in [2.05, 4.69) is 50.8 Å². The third-order valence-corrected chi connectivity index (χ3v) is 5.52. The average Bonchev–Trinajstić information content (AvgIpc) is 2.82. The minimum atomic E-state index is -1.50. The Morgan fingerprint density at radius 3 is 2.54 bits per heavy atom. The van der Waals surface area contributed by atoms with Gasteiger partial charge in [0.05, 0.1) is 0 Å². The van der Waals surface area contributed by atoms with Crippen LogP contribution in [0, 0.1) is 5.41 Å². The van der Waals surface area contributed by atoms with E-state index in [0.717, 1.165) is 31.7 Å². The Balaban J connectivity index is 2.46. The first-order valence-electron chi connectivity index (χ1n) is 8.01. The summed E-state index contributed by atoms with van der Waals surface area (Å²) in [6.07, 6.45) is 14.5. The van der Waals surface area contributed by atoms with Crippen LogP contribution in [-0.4, -0.2) is 17.2 Å². The topological polar surface area (TPSA) is 40.5 Å². The van der Waals surface area contributed by atoms with Crippen LogP contribution >= 0.6 is 11.3 Å². The van der Waals surface area contributed by atoms with E-state index in [4.69, 9.17) is 0 Å². The van der Waals surface area contributed by atoms with Crippen LogP contribution in [-0.2, 0) is 0 Å². The molecule has 0 atom stereocenters. The van der Waals surface area contributed by atoms with Crippen LogP contribution in [0.15, 0.2) is 30.9 Å². The summed E-state index contributed by atoms with van der Waals surface area (Å²) >= 11 is 1.60. The number of thiophene rings is 1. The fraction of sp³-hybridized carbons (Fsp3) is 0.200. The van der Waals surface area contributed by atoms with Crippen molar-refractivity contribution >= 4 is 58.3 Å². The maximum absolute atomic E-state index is 9.84. The Labute approximate surface area is 147 Å². The number of hydrogen-bond donors (Lipinski definition) is 2. The van der Waals surface area contributed by atoms with Gasteiger partial charge in [0, 0.05) is 31.4 Å². The van der Waals surface area contributed by atoms with Gasteiger partial charge >= 0.3 is 7.12 Å². The van der Waals surface area contributed by atoms with E-state index < -0.39 is 7.12 Å². The van der Waals surface area contributed by atoms with E-state index in [1.807, 2.05) is 19.1 Å². The van der Waals surface area contributed by atoms with E-state index in [1.165, 1.54) is 0 Å². The van der Waals surface area contributed by atoms with Gasteiger partial charge in [-0.1, -0.05) is 62.9 Å². The van der Waals surface area contributed by atoms with Gasteiger partial charge in [-0.25, -0.2) is 0 Å². The number of hydrogen-bond acceptors (Lipinski definition) is 3. The Morgan fingerprint density at radius 1 is 1.21 bits per heavy atom. The van der Waals surface area contributed by atoms with Crippen molar-refractivity contribution in [3.05, 3.63) is 52.4 Å². The largest absolute Gasteiger partial charge is 0.489 e. The summed E-state index contributed by atoms with van der Waals surface area (Å²) in [5.74, 6) is 0. The summed E-state index contributed by atoms with van der Waals surface area (Å²) in [5, 5.41) is 20.7. The van der Waals surface area contributed by atoms with Crippen molar-refractivity contribution in [1.82, 2.24) is 0 Å². The zero-order valence-electron chi connectivity index (χ0n) is 14.2. The fourth-order valence-corrected chi connectivity index (χ4v) is 4.27. The highest BCUT2D eigenvalue weighted by Gasteiger charge is 2.24. The van der Waals surface area contributed by atoms with Crippen molar-refractivity contribution < 1.29 is 10.0 Å². The first-order valence-corrected chi connectivity index (χ1v) is 8.82. The lowest BCUT2D eigenvalue weighted by molar-refractivity contribution is 0.426. The van der Waals surface area contributed by atoms with Gasteiger partial charge in [-0.15, -0.1) is 11.3 Å². The minimum Gasteiger partial charge on any atom is -0.423 e. The van der Waals surface area contributed by atoms with Gasteiger partial charge in [0.1, 0.15) is 0 Å². The second-order valence-corrected chi connectivity index (χ2v) is 7.67. The summed E-state index contributed by atoms with van der Waals surface area (Å²) < 4.78 is 0.919. The Kier molecular flexibility index (Phi) is 4.39. The number of rotatable bonds is 3. The van der Waals surface area contributed by atoms with Gasteiger partial charge in [-0.2, -0.15) is 0 Å². The molecular formula is C20H21BO2S. The van der Waals surface area contributed by atoms with E-state index in [-0.39, 0.29) is 5.41 Å². The first kappa shape index (κ1) is 17.0. The Hall–Kier alpha value is -1.88. The predicted octanol–water partition coefficient (Wildman–Crippen LogP) is 4.32. The standard InChI is InChI=1S/C20H21BO2S/c1-5-7-14-13(6-2)12-16(21(22)23)19-18(14)15-8-10-20(3,4)11-9-17(15)24-19/h5-12,22-23H,2H2,1,3-4H3/b7-5-. The molecule has 0 saturated carbocycles. The molecule has 0 amide bonds. The Bertz CT molecular complexity index is 898. The molecule has 1 heterocycles. The van der Waals surface area contributed by atoms with Gasteiger partial charge in [-0.05, 0) is 24.1 Å². The zero-order valence-corrected chi connectivity index (χ0v) is 15.0. The summed E-state index contributed by atoms with van der Waals surface area (Å²) in [6.45, 7) is 10.2. The lowest BCUT2D eigenvalue weighted by Gasteiger charge is -2.13. The minimum absolute atomic E-state index is 0.00118. The molecule has 2 N–H and O–H groups in total. The summed E-state index contributed by atoms with van der Waals surface area (Å²) in [6, 6.07) is 1.82. The number of benzene rings is 1. The molecule has 122 valence electrons. The number of fused-ring (bicyclic) bond motifs is 3. The van der Waals surface area contributed by atoms with Crippen LogP contribution in [0.2, 0.25) is 0 Å². The predicted molar refractivity (Wildman–Crippen MR) is 108 cm³/mol. The van der Waals surface area contributed by atoms with Crippen LogP contribution < -0.4 is 5.46 Å². The Morgan fingerprint density at radius 2 is 1.92 bits per heavy atom. The molecule has 24 heavy (non-hydrogen) atoms. The monoisotopic (exact) mass is 336 g/mol. The van der Waals surface area contributed by atoms with Crippen molar-refractivity contribution in [2.24, 2.45) is 5.41 Å². The van der Waals surface area contributed by atoms with Gasteiger partial charge < -0.3 is 10.0 Å². The molecule has 0 radical (unpaired) electrons. The molecule has 1 aliphatic rings. The summed E-state index contributed by atoms with van der Waals surface area (Å²) in [4.78, 5) is 1.14. The molecule has 4 heteroatoms. The molecule has 0 saturated heterocycles. The van der Waals surface area contributed by atoms with Gasteiger partial charge in [0.15, 0.2) is 0 Å². The zero-order chi connectivity index (χ0) is 17.5. The lowest BCUT2D eigenvalue weighted by Crippen LogP contribution is -2.30. The van der Waals surface area contributed by atoms with Crippen LogP contribution in [0.1, 0.15) is 42.3 Å². The van der Waals surface area contributed by atoms with Crippen LogP contribution in [0.4, 0.5) is 0 Å². The third-order valence-electron chi connectivity index (χ3n) is 4.30. The van der Waals surface area contributed by atoms with Crippen molar-refractivity contribution in [1.29, 1.82) is 0 Å². The van der Waals surface area contributed by atoms with Gasteiger partial charge in [0.2, 0.25) is 0 Å². The molecule has 0 bridgehead atoms. The highest BCUT2D eigenvalue weighted by Crippen LogP contribution is 2.40. The highest BCUT2D eigenvalue weighted by molar-refractivity contribution is 7.21. The molecule has 3 rings (SSSR count). The maximum Gasteiger partial charge on any atom is 0.489 e. The molecule has 2 aromatic rings. The van der Waals surface area contributed by atoms with Crippen molar-refractivity contribution in [2.45, 2.75) is 20.8 Å². The van der Waals surface area contributed by atoms with Crippen molar-refractivity contribution in [3.63, 3.8) is 0 Å².